The number of fused-ring (bicyclic) bond motifs is 1. The van der Waals surface area contributed by atoms with Gasteiger partial charge in [0.25, 0.3) is 11.8 Å². The van der Waals surface area contributed by atoms with Crippen LogP contribution in [0.2, 0.25) is 0 Å². The molecule has 2 heterocycles. The van der Waals surface area contributed by atoms with Crippen LogP contribution in [0.1, 0.15) is 34.7 Å². The molecule has 0 saturated heterocycles. The quantitative estimate of drug-likeness (QED) is 0.725. The molecule has 7 heteroatoms. The Labute approximate surface area is 175 Å². The van der Waals surface area contributed by atoms with Crippen LogP contribution in [0.4, 0.5) is 5.69 Å². The predicted octanol–water partition coefficient (Wildman–Crippen LogP) is 2.95. The number of ether oxygens (including phenoxy) is 1. The third kappa shape index (κ3) is 3.66. The van der Waals surface area contributed by atoms with Crippen molar-refractivity contribution in [2.24, 2.45) is 0 Å². The van der Waals surface area contributed by atoms with Gasteiger partial charge < -0.3 is 15.0 Å². The summed E-state index contributed by atoms with van der Waals surface area (Å²) < 4.78 is 7.58. The van der Waals surface area contributed by atoms with Gasteiger partial charge in [0, 0.05) is 12.7 Å². The lowest BCUT2D eigenvalue weighted by Crippen LogP contribution is -2.49. The molecule has 2 aromatic carbocycles. The fourth-order valence-electron chi connectivity index (χ4n) is 3.65. The van der Waals surface area contributed by atoms with Crippen molar-refractivity contribution in [2.75, 3.05) is 18.6 Å². The van der Waals surface area contributed by atoms with Crippen molar-refractivity contribution < 1.29 is 14.3 Å². The third-order valence-electron chi connectivity index (χ3n) is 5.37. The number of aryl methyl sites for hydroxylation is 1. The Hall–Kier alpha value is -3.61. The van der Waals surface area contributed by atoms with Gasteiger partial charge in [-0.3, -0.25) is 14.3 Å². The molecule has 2 unspecified atom stereocenters. The van der Waals surface area contributed by atoms with Gasteiger partial charge in [-0.1, -0.05) is 42.5 Å². The van der Waals surface area contributed by atoms with Crippen LogP contribution >= 0.6 is 0 Å². The van der Waals surface area contributed by atoms with Crippen molar-refractivity contribution in [3.63, 3.8) is 0 Å². The molecule has 1 aliphatic rings. The van der Waals surface area contributed by atoms with E-state index in [4.69, 9.17) is 4.74 Å². The lowest BCUT2D eigenvalue weighted by molar-refractivity contribution is -0.120. The number of benzene rings is 2. The lowest BCUT2D eigenvalue weighted by atomic mass is 10.1. The third-order valence-corrected chi connectivity index (χ3v) is 5.37. The maximum absolute atomic E-state index is 12.9. The van der Waals surface area contributed by atoms with Crippen molar-refractivity contribution in [2.45, 2.75) is 25.9 Å². The summed E-state index contributed by atoms with van der Waals surface area (Å²) in [6.07, 6.45) is 0. The monoisotopic (exact) mass is 404 g/mol. The SMILES string of the molecule is Cc1cc(C(=O)NC2COc3ccccc3N(C)C2=O)nn1C(C)c1ccccc1. The summed E-state index contributed by atoms with van der Waals surface area (Å²) in [7, 11) is 1.68. The first-order valence-electron chi connectivity index (χ1n) is 9.87. The molecular formula is C23H24N4O3. The van der Waals surface area contributed by atoms with Crippen LogP contribution in [0.25, 0.3) is 0 Å². The Morgan fingerprint density at radius 1 is 1.17 bits per heavy atom. The highest BCUT2D eigenvalue weighted by Gasteiger charge is 2.31. The Bertz CT molecular complexity index is 1080. The maximum Gasteiger partial charge on any atom is 0.272 e. The van der Waals surface area contributed by atoms with Crippen LogP contribution in [0.15, 0.2) is 60.7 Å². The molecule has 7 nitrogen and oxygen atoms in total. The molecule has 3 aromatic rings. The standard InChI is InChI=1S/C23H24N4O3/c1-15-13-18(25-27(15)16(2)17-9-5-4-6-10-17)22(28)24-19-14-30-21-12-8-7-11-20(21)26(3)23(19)29/h4-13,16,19H,14H2,1-3H3,(H,24,28). The number of aromatic nitrogens is 2. The molecule has 30 heavy (non-hydrogen) atoms. The maximum atomic E-state index is 12.9. The number of para-hydroxylation sites is 2. The number of amides is 2. The Kier molecular flexibility index (Phi) is 5.27. The second kappa shape index (κ2) is 8.02. The molecule has 1 aromatic heterocycles. The molecule has 1 N–H and O–H groups in total. The van der Waals surface area contributed by atoms with Gasteiger partial charge >= 0.3 is 0 Å². The second-order valence-corrected chi connectivity index (χ2v) is 7.40. The first-order chi connectivity index (χ1) is 14.5. The van der Waals surface area contributed by atoms with Crippen molar-refractivity contribution in [1.82, 2.24) is 15.1 Å². The normalized spacial score (nSPS) is 17.0. The largest absolute Gasteiger partial charge is 0.489 e. The number of carbonyl (C=O) groups excluding carboxylic acids is 2. The van der Waals surface area contributed by atoms with Gasteiger partial charge in [-0.2, -0.15) is 5.10 Å². The van der Waals surface area contributed by atoms with Gasteiger partial charge in [0.2, 0.25) is 0 Å². The molecule has 0 aliphatic carbocycles. The zero-order valence-electron chi connectivity index (χ0n) is 17.2. The molecule has 2 amide bonds. The number of hydrogen-bond acceptors (Lipinski definition) is 4. The molecule has 0 radical (unpaired) electrons. The number of nitrogens with zero attached hydrogens (tertiary/aromatic N) is 3. The van der Waals surface area contributed by atoms with Crippen molar-refractivity contribution in [1.29, 1.82) is 0 Å². The molecule has 0 bridgehead atoms. The van der Waals surface area contributed by atoms with E-state index in [1.165, 1.54) is 4.90 Å². The summed E-state index contributed by atoms with van der Waals surface area (Å²) in [5.74, 6) is -0.0255. The first-order valence-corrected chi connectivity index (χ1v) is 9.87. The molecule has 4 rings (SSSR count). The molecule has 0 fully saturated rings. The number of hydrogen-bond donors (Lipinski definition) is 1. The van der Waals surface area contributed by atoms with Gasteiger partial charge in [0.15, 0.2) is 0 Å². The number of carbonyl (C=O) groups is 2. The van der Waals surface area contributed by atoms with E-state index in [1.54, 1.807) is 19.2 Å². The van der Waals surface area contributed by atoms with E-state index in [0.29, 0.717) is 11.4 Å². The minimum Gasteiger partial charge on any atom is -0.489 e. The van der Waals surface area contributed by atoms with E-state index in [9.17, 15) is 9.59 Å². The van der Waals surface area contributed by atoms with Crippen molar-refractivity contribution in [3.8, 4) is 5.75 Å². The Morgan fingerprint density at radius 2 is 1.87 bits per heavy atom. The smallest absolute Gasteiger partial charge is 0.272 e. The van der Waals surface area contributed by atoms with E-state index < -0.39 is 11.9 Å². The first kappa shape index (κ1) is 19.7. The average Bonchev–Trinajstić information content (AvgIpc) is 3.12. The minimum atomic E-state index is -0.799. The number of rotatable bonds is 4. The molecular weight excluding hydrogens is 380 g/mol. The molecule has 0 spiro atoms. The number of anilines is 1. The van der Waals surface area contributed by atoms with Gasteiger partial charge in [-0.25, -0.2) is 0 Å². The highest BCUT2D eigenvalue weighted by atomic mass is 16.5. The Morgan fingerprint density at radius 3 is 2.63 bits per heavy atom. The highest BCUT2D eigenvalue weighted by molar-refractivity contribution is 6.02. The van der Waals surface area contributed by atoms with E-state index in [-0.39, 0.29) is 24.2 Å². The molecule has 0 saturated carbocycles. The zero-order chi connectivity index (χ0) is 21.3. The highest BCUT2D eigenvalue weighted by Crippen LogP contribution is 2.30. The molecule has 1 aliphatic heterocycles. The van der Waals surface area contributed by atoms with E-state index in [1.807, 2.05) is 67.1 Å². The van der Waals surface area contributed by atoms with E-state index >= 15 is 0 Å². The van der Waals surface area contributed by atoms with Crippen LogP contribution < -0.4 is 15.0 Å². The molecule has 2 atom stereocenters. The van der Waals surface area contributed by atoms with Crippen molar-refractivity contribution in [3.05, 3.63) is 77.6 Å². The number of likely N-dealkylation sites (N-methyl/N-ethyl adjacent to an activating group) is 1. The minimum absolute atomic E-state index is 0.0174. The second-order valence-electron chi connectivity index (χ2n) is 7.40. The van der Waals surface area contributed by atoms with Crippen LogP contribution in [0.5, 0.6) is 5.75 Å². The average molecular weight is 404 g/mol. The van der Waals surface area contributed by atoms with Gasteiger partial charge in [0.05, 0.1) is 11.7 Å². The summed E-state index contributed by atoms with van der Waals surface area (Å²) in [6.45, 7) is 4.01. The predicted molar refractivity (Wildman–Crippen MR) is 114 cm³/mol. The summed E-state index contributed by atoms with van der Waals surface area (Å²) in [5, 5.41) is 7.28. The lowest BCUT2D eigenvalue weighted by Gasteiger charge is -2.20. The van der Waals surface area contributed by atoms with Gasteiger partial charge in [-0.05, 0) is 37.6 Å². The summed E-state index contributed by atoms with van der Waals surface area (Å²) in [4.78, 5) is 27.2. The summed E-state index contributed by atoms with van der Waals surface area (Å²) >= 11 is 0. The van der Waals surface area contributed by atoms with Crippen molar-refractivity contribution >= 4 is 17.5 Å². The topological polar surface area (TPSA) is 76.5 Å². The van der Waals surface area contributed by atoms with Gasteiger partial charge in [-0.15, -0.1) is 0 Å². The van der Waals surface area contributed by atoms with E-state index in [0.717, 1.165) is 11.3 Å². The molecule has 154 valence electrons. The van der Waals surface area contributed by atoms with Crippen LogP contribution in [-0.2, 0) is 4.79 Å². The fraction of sp³-hybridized carbons (Fsp3) is 0.261. The van der Waals surface area contributed by atoms with Crippen LogP contribution in [0.3, 0.4) is 0 Å². The zero-order valence-corrected chi connectivity index (χ0v) is 17.2. The van der Waals surface area contributed by atoms with E-state index in [2.05, 4.69) is 10.4 Å². The van der Waals surface area contributed by atoms with Crippen LogP contribution in [0, 0.1) is 6.92 Å². The van der Waals surface area contributed by atoms with Crippen LogP contribution in [-0.4, -0.2) is 41.3 Å². The summed E-state index contributed by atoms with van der Waals surface area (Å²) in [6, 6.07) is 18.2. The number of nitrogens with one attached hydrogen (secondary N) is 1. The van der Waals surface area contributed by atoms with Gasteiger partial charge in [0.1, 0.15) is 24.1 Å². The Balaban J connectivity index is 1.51. The fourth-order valence-corrected chi connectivity index (χ4v) is 3.65. The summed E-state index contributed by atoms with van der Waals surface area (Å²) in [5.41, 5.74) is 2.91.